The van der Waals surface area contributed by atoms with Crippen LogP contribution in [0.2, 0.25) is 0 Å². The van der Waals surface area contributed by atoms with Crippen molar-refractivity contribution >= 4 is 0 Å². The summed E-state index contributed by atoms with van der Waals surface area (Å²) >= 11 is 0. The van der Waals surface area contributed by atoms with Gasteiger partial charge in [-0.3, -0.25) is 0 Å². The van der Waals surface area contributed by atoms with Crippen molar-refractivity contribution in [2.24, 2.45) is 0 Å². The van der Waals surface area contributed by atoms with E-state index in [9.17, 15) is 0 Å². The van der Waals surface area contributed by atoms with Crippen LogP contribution in [0.1, 0.15) is 27.2 Å². The summed E-state index contributed by atoms with van der Waals surface area (Å²) in [6.45, 7) is 7.22. The Hall–Kier alpha value is 1.73. The van der Waals surface area contributed by atoms with Crippen LogP contribution in [0.15, 0.2) is 0 Å². The molecule has 0 aliphatic carbocycles. The standard InChI is InChI=1S/C7H15N2.C2H6.Rb/c1-6-4-7(5-8-6)9(2)3;1-2;/h6-7H,4-5H2,1-3H3;1-2H3;/q-1;;+1. The minimum atomic E-state index is 0. The summed E-state index contributed by atoms with van der Waals surface area (Å²) in [7, 11) is 4.25. The molecular formula is C9H21N2Rb. The summed E-state index contributed by atoms with van der Waals surface area (Å²) in [6.07, 6.45) is 1.24. The maximum atomic E-state index is 4.40. The van der Waals surface area contributed by atoms with E-state index in [2.05, 4.69) is 31.2 Å². The van der Waals surface area contributed by atoms with Gasteiger partial charge >= 0.3 is 58.2 Å². The second-order valence-electron chi connectivity index (χ2n) is 3.07. The van der Waals surface area contributed by atoms with Gasteiger partial charge in [-0.15, -0.1) is 12.6 Å². The average molecular weight is 243 g/mol. The Morgan fingerprint density at radius 1 is 1.25 bits per heavy atom. The number of likely N-dealkylation sites (N-methyl/N-ethyl adjacent to an activating group) is 1. The Bertz CT molecular complexity index is 96.5. The molecule has 0 radical (unpaired) electrons. The molecular weight excluding hydrogens is 222 g/mol. The van der Waals surface area contributed by atoms with Gasteiger partial charge in [0.2, 0.25) is 0 Å². The molecule has 2 atom stereocenters. The molecule has 12 heavy (non-hydrogen) atoms. The van der Waals surface area contributed by atoms with Gasteiger partial charge in [-0.1, -0.05) is 27.2 Å². The molecule has 1 saturated heterocycles. The van der Waals surface area contributed by atoms with Crippen molar-refractivity contribution in [1.82, 2.24) is 4.90 Å². The van der Waals surface area contributed by atoms with Crippen molar-refractivity contribution in [1.29, 1.82) is 0 Å². The molecule has 1 heterocycles. The van der Waals surface area contributed by atoms with Crippen LogP contribution in [0, 0.1) is 0 Å². The number of rotatable bonds is 1. The van der Waals surface area contributed by atoms with Crippen LogP contribution in [0.3, 0.4) is 0 Å². The third-order valence-electron chi connectivity index (χ3n) is 1.97. The first-order chi connectivity index (χ1) is 5.20. The van der Waals surface area contributed by atoms with Crippen LogP contribution in [0.5, 0.6) is 0 Å². The van der Waals surface area contributed by atoms with E-state index in [1.165, 1.54) is 6.42 Å². The predicted molar refractivity (Wildman–Crippen MR) is 51.1 cm³/mol. The summed E-state index contributed by atoms with van der Waals surface area (Å²) in [6, 6.07) is 1.30. The summed E-state index contributed by atoms with van der Waals surface area (Å²) in [5, 5.41) is 4.40. The molecule has 1 aliphatic rings. The largest absolute Gasteiger partial charge is 1.00 e. The molecule has 0 aromatic rings. The molecule has 0 bridgehead atoms. The van der Waals surface area contributed by atoms with Crippen molar-refractivity contribution in [2.45, 2.75) is 39.3 Å². The van der Waals surface area contributed by atoms with E-state index in [-0.39, 0.29) is 58.2 Å². The van der Waals surface area contributed by atoms with Crippen LogP contribution >= 0.6 is 0 Å². The average Bonchev–Trinajstić information content (AvgIpc) is 2.40. The minimum absolute atomic E-state index is 0. The Kier molecular flexibility index (Phi) is 12.5. The molecule has 1 aliphatic heterocycles. The molecule has 2 unspecified atom stereocenters. The summed E-state index contributed by atoms with van der Waals surface area (Å²) in [5.74, 6) is 0. The zero-order valence-corrected chi connectivity index (χ0v) is 14.4. The fourth-order valence-electron chi connectivity index (χ4n) is 1.22. The molecule has 3 heteroatoms. The Balaban J connectivity index is 0. The third-order valence-corrected chi connectivity index (χ3v) is 1.97. The molecule has 0 spiro atoms. The third kappa shape index (κ3) is 6.22. The Labute approximate surface area is 126 Å². The smallest absolute Gasteiger partial charge is 0.658 e. The van der Waals surface area contributed by atoms with Gasteiger partial charge in [0.05, 0.1) is 0 Å². The fourth-order valence-corrected chi connectivity index (χ4v) is 1.22. The van der Waals surface area contributed by atoms with E-state index < -0.39 is 0 Å². The van der Waals surface area contributed by atoms with E-state index in [0.29, 0.717) is 12.1 Å². The van der Waals surface area contributed by atoms with Crippen LogP contribution in [-0.4, -0.2) is 37.6 Å². The molecule has 0 amide bonds. The molecule has 0 N–H and O–H groups in total. The van der Waals surface area contributed by atoms with Gasteiger partial charge < -0.3 is 10.2 Å². The van der Waals surface area contributed by atoms with E-state index in [4.69, 9.17) is 0 Å². The molecule has 0 aromatic heterocycles. The van der Waals surface area contributed by atoms with Gasteiger partial charge in [0.25, 0.3) is 0 Å². The summed E-state index contributed by atoms with van der Waals surface area (Å²) in [5.41, 5.74) is 0. The SMILES string of the molecule is CC.CC1CC(N(C)C)C[N-]1.[Rb+]. The monoisotopic (exact) mass is 242 g/mol. The van der Waals surface area contributed by atoms with E-state index in [1.54, 1.807) is 0 Å². The summed E-state index contributed by atoms with van der Waals surface area (Å²) < 4.78 is 0. The zero-order chi connectivity index (χ0) is 8.85. The van der Waals surface area contributed by atoms with Crippen LogP contribution in [-0.2, 0) is 0 Å². The molecule has 0 saturated carbocycles. The maximum absolute atomic E-state index is 4.40. The van der Waals surface area contributed by atoms with E-state index in [0.717, 1.165) is 6.54 Å². The van der Waals surface area contributed by atoms with Crippen molar-refractivity contribution in [3.05, 3.63) is 5.32 Å². The molecule has 1 rings (SSSR count). The number of nitrogens with zero attached hydrogens (tertiary/aromatic N) is 2. The molecule has 0 aromatic carbocycles. The van der Waals surface area contributed by atoms with Gasteiger partial charge in [0.15, 0.2) is 0 Å². The van der Waals surface area contributed by atoms with E-state index in [1.807, 2.05) is 13.8 Å². The second kappa shape index (κ2) is 9.29. The quantitative estimate of drug-likeness (QED) is 0.584. The van der Waals surface area contributed by atoms with Gasteiger partial charge in [-0.2, -0.15) is 0 Å². The summed E-state index contributed by atoms with van der Waals surface area (Å²) in [4.78, 5) is 2.26. The van der Waals surface area contributed by atoms with Crippen molar-refractivity contribution < 1.29 is 58.2 Å². The zero-order valence-electron chi connectivity index (χ0n) is 9.46. The minimum Gasteiger partial charge on any atom is -0.658 e. The predicted octanol–water partition coefficient (Wildman–Crippen LogP) is -0.887. The van der Waals surface area contributed by atoms with Gasteiger partial charge in [-0.05, 0) is 20.1 Å². The van der Waals surface area contributed by atoms with Crippen LogP contribution in [0.25, 0.3) is 5.32 Å². The Morgan fingerprint density at radius 3 is 1.92 bits per heavy atom. The second-order valence-corrected chi connectivity index (χ2v) is 3.07. The van der Waals surface area contributed by atoms with Gasteiger partial charge in [0, 0.05) is 0 Å². The van der Waals surface area contributed by atoms with Crippen molar-refractivity contribution in [3.8, 4) is 0 Å². The Morgan fingerprint density at radius 2 is 1.75 bits per heavy atom. The molecule has 68 valence electrons. The first-order valence-corrected chi connectivity index (χ1v) is 4.53. The fraction of sp³-hybridized carbons (Fsp3) is 1.00. The van der Waals surface area contributed by atoms with Gasteiger partial charge in [0.1, 0.15) is 0 Å². The van der Waals surface area contributed by atoms with Crippen molar-refractivity contribution in [2.75, 3.05) is 20.6 Å². The molecule has 2 nitrogen and oxygen atoms in total. The first-order valence-electron chi connectivity index (χ1n) is 4.53. The normalized spacial score (nSPS) is 27.5. The van der Waals surface area contributed by atoms with E-state index >= 15 is 0 Å². The topological polar surface area (TPSA) is 17.3 Å². The maximum Gasteiger partial charge on any atom is 1.00 e. The number of hydrogen-bond acceptors (Lipinski definition) is 1. The number of hydrogen-bond donors (Lipinski definition) is 0. The van der Waals surface area contributed by atoms with Crippen molar-refractivity contribution in [3.63, 3.8) is 0 Å². The molecule has 1 fully saturated rings. The first kappa shape index (κ1) is 16.2. The van der Waals surface area contributed by atoms with Crippen LogP contribution < -0.4 is 58.2 Å². The van der Waals surface area contributed by atoms with Crippen LogP contribution in [0.4, 0.5) is 0 Å². The van der Waals surface area contributed by atoms with Gasteiger partial charge in [-0.25, -0.2) is 0 Å².